The third kappa shape index (κ3) is 3.56. The molecule has 1 N–H and O–H groups in total. The summed E-state index contributed by atoms with van der Waals surface area (Å²) >= 11 is 0. The first kappa shape index (κ1) is 15.0. The standard InChI is InChI=1S/C14H13F2NO4/c1-2-3-10-11(13(18)19)21-12(17-10)8-4-6-9(7-5-8)20-14(15)16/h4-7,14H,2-3H2,1H3,(H,18,19). The Morgan fingerprint density at radius 2 is 2.05 bits per heavy atom. The maximum atomic E-state index is 12.1. The van der Waals surface area contributed by atoms with E-state index in [1.807, 2.05) is 6.92 Å². The van der Waals surface area contributed by atoms with Crippen LogP contribution in [-0.2, 0) is 6.42 Å². The molecule has 21 heavy (non-hydrogen) atoms. The summed E-state index contributed by atoms with van der Waals surface area (Å²) in [7, 11) is 0. The number of carboxylic acids is 1. The van der Waals surface area contributed by atoms with Crippen molar-refractivity contribution in [3.05, 3.63) is 35.7 Å². The maximum Gasteiger partial charge on any atom is 0.387 e. The van der Waals surface area contributed by atoms with Gasteiger partial charge >= 0.3 is 12.6 Å². The zero-order valence-corrected chi connectivity index (χ0v) is 11.2. The van der Waals surface area contributed by atoms with Gasteiger partial charge in [-0.3, -0.25) is 0 Å². The zero-order valence-electron chi connectivity index (χ0n) is 11.2. The van der Waals surface area contributed by atoms with E-state index in [2.05, 4.69) is 9.72 Å². The number of carboxylic acid groups (broad SMARTS) is 1. The lowest BCUT2D eigenvalue weighted by atomic mass is 10.2. The molecule has 0 unspecified atom stereocenters. The Morgan fingerprint density at radius 3 is 2.57 bits per heavy atom. The van der Waals surface area contributed by atoms with Crippen LogP contribution >= 0.6 is 0 Å². The van der Waals surface area contributed by atoms with Crippen molar-refractivity contribution >= 4 is 5.97 Å². The lowest BCUT2D eigenvalue weighted by Crippen LogP contribution is -2.01. The van der Waals surface area contributed by atoms with Gasteiger partial charge in [-0.05, 0) is 30.7 Å². The quantitative estimate of drug-likeness (QED) is 0.882. The molecule has 5 nitrogen and oxygen atoms in total. The summed E-state index contributed by atoms with van der Waals surface area (Å²) in [6, 6.07) is 5.63. The molecule has 0 fully saturated rings. The number of alkyl halides is 2. The monoisotopic (exact) mass is 297 g/mol. The average molecular weight is 297 g/mol. The number of rotatable bonds is 6. The van der Waals surface area contributed by atoms with Gasteiger partial charge in [0, 0.05) is 5.56 Å². The Hall–Kier alpha value is -2.44. The van der Waals surface area contributed by atoms with Gasteiger partial charge in [0.2, 0.25) is 11.7 Å². The van der Waals surface area contributed by atoms with Crippen LogP contribution in [0.15, 0.2) is 28.7 Å². The highest BCUT2D eigenvalue weighted by molar-refractivity contribution is 5.86. The number of aromatic carboxylic acids is 1. The summed E-state index contributed by atoms with van der Waals surface area (Å²) in [5.74, 6) is -1.23. The molecule has 0 bridgehead atoms. The van der Waals surface area contributed by atoms with Crippen molar-refractivity contribution in [1.29, 1.82) is 0 Å². The number of nitrogens with zero attached hydrogens (tertiary/aromatic N) is 1. The molecular weight excluding hydrogens is 284 g/mol. The lowest BCUT2D eigenvalue weighted by molar-refractivity contribution is -0.0498. The summed E-state index contributed by atoms with van der Waals surface area (Å²) in [5.41, 5.74) is 0.856. The van der Waals surface area contributed by atoms with E-state index in [9.17, 15) is 13.6 Å². The normalized spacial score (nSPS) is 10.9. The van der Waals surface area contributed by atoms with E-state index in [0.717, 1.165) is 6.42 Å². The zero-order chi connectivity index (χ0) is 15.4. The van der Waals surface area contributed by atoms with E-state index in [1.165, 1.54) is 24.3 Å². The van der Waals surface area contributed by atoms with Gasteiger partial charge < -0.3 is 14.3 Å². The molecule has 0 saturated heterocycles. The number of halogens is 2. The first-order valence-corrected chi connectivity index (χ1v) is 6.29. The van der Waals surface area contributed by atoms with Crippen molar-refractivity contribution in [1.82, 2.24) is 4.98 Å². The summed E-state index contributed by atoms with van der Waals surface area (Å²) in [4.78, 5) is 15.2. The van der Waals surface area contributed by atoms with Crippen LogP contribution in [0.1, 0.15) is 29.6 Å². The summed E-state index contributed by atoms with van der Waals surface area (Å²) < 4.78 is 33.6. The largest absolute Gasteiger partial charge is 0.475 e. The van der Waals surface area contributed by atoms with Crippen molar-refractivity contribution in [2.45, 2.75) is 26.4 Å². The Morgan fingerprint density at radius 1 is 1.38 bits per heavy atom. The van der Waals surface area contributed by atoms with Crippen molar-refractivity contribution in [3.63, 3.8) is 0 Å². The highest BCUT2D eigenvalue weighted by Gasteiger charge is 2.19. The summed E-state index contributed by atoms with van der Waals surface area (Å²) in [6.45, 7) is -0.997. The summed E-state index contributed by atoms with van der Waals surface area (Å²) in [5, 5.41) is 9.06. The number of ether oxygens (including phenoxy) is 1. The molecule has 1 aromatic heterocycles. The second kappa shape index (κ2) is 6.34. The van der Waals surface area contributed by atoms with Crippen molar-refractivity contribution in [3.8, 4) is 17.2 Å². The van der Waals surface area contributed by atoms with Gasteiger partial charge in [0.25, 0.3) is 0 Å². The molecule has 0 radical (unpaired) electrons. The van der Waals surface area contributed by atoms with E-state index in [-0.39, 0.29) is 17.4 Å². The Bertz CT molecular complexity index is 622. The molecule has 2 rings (SSSR count). The molecule has 0 amide bonds. The second-order valence-electron chi connectivity index (χ2n) is 4.25. The van der Waals surface area contributed by atoms with E-state index in [1.54, 1.807) is 0 Å². The SMILES string of the molecule is CCCc1nc(-c2ccc(OC(F)F)cc2)oc1C(=O)O. The minimum Gasteiger partial charge on any atom is -0.475 e. The van der Waals surface area contributed by atoms with E-state index in [4.69, 9.17) is 9.52 Å². The van der Waals surface area contributed by atoms with Crippen LogP contribution in [0.4, 0.5) is 8.78 Å². The number of carbonyl (C=O) groups is 1. The fraction of sp³-hybridized carbons (Fsp3) is 0.286. The summed E-state index contributed by atoms with van der Waals surface area (Å²) in [6.07, 6.45) is 1.21. The fourth-order valence-corrected chi connectivity index (χ4v) is 1.83. The molecule has 0 aliphatic heterocycles. The van der Waals surface area contributed by atoms with Crippen LogP contribution in [0.3, 0.4) is 0 Å². The topological polar surface area (TPSA) is 72.6 Å². The maximum absolute atomic E-state index is 12.1. The van der Waals surface area contributed by atoms with Crippen LogP contribution in [0.25, 0.3) is 11.5 Å². The predicted octanol–water partition coefficient (Wildman–Crippen LogP) is 3.59. The van der Waals surface area contributed by atoms with E-state index < -0.39 is 12.6 Å². The van der Waals surface area contributed by atoms with E-state index in [0.29, 0.717) is 17.7 Å². The third-order valence-corrected chi connectivity index (χ3v) is 2.70. The minimum absolute atomic E-state index is 0.00699. The van der Waals surface area contributed by atoms with Gasteiger partial charge in [-0.1, -0.05) is 13.3 Å². The first-order valence-electron chi connectivity index (χ1n) is 6.29. The van der Waals surface area contributed by atoms with Gasteiger partial charge in [-0.25, -0.2) is 9.78 Å². The van der Waals surface area contributed by atoms with Gasteiger partial charge in [0.05, 0.1) is 5.69 Å². The number of aryl methyl sites for hydroxylation is 1. The third-order valence-electron chi connectivity index (χ3n) is 2.70. The van der Waals surface area contributed by atoms with Crippen molar-refractivity contribution < 1.29 is 27.8 Å². The van der Waals surface area contributed by atoms with Crippen LogP contribution < -0.4 is 4.74 Å². The second-order valence-corrected chi connectivity index (χ2v) is 4.25. The van der Waals surface area contributed by atoms with Gasteiger partial charge in [0.1, 0.15) is 5.75 Å². The molecule has 0 spiro atoms. The number of aromatic nitrogens is 1. The predicted molar refractivity (Wildman–Crippen MR) is 69.5 cm³/mol. The van der Waals surface area contributed by atoms with Gasteiger partial charge in [-0.2, -0.15) is 8.78 Å². The molecule has 0 saturated carbocycles. The Balaban J connectivity index is 2.29. The molecule has 2 aromatic rings. The number of hydrogen-bond donors (Lipinski definition) is 1. The van der Waals surface area contributed by atoms with Crippen molar-refractivity contribution in [2.24, 2.45) is 0 Å². The number of oxazole rings is 1. The van der Waals surface area contributed by atoms with Crippen LogP contribution in [0, 0.1) is 0 Å². The number of hydrogen-bond acceptors (Lipinski definition) is 4. The Labute approximate surface area is 119 Å². The molecule has 1 heterocycles. The molecule has 0 aliphatic rings. The lowest BCUT2D eigenvalue weighted by Gasteiger charge is -2.03. The van der Waals surface area contributed by atoms with Crippen molar-refractivity contribution in [2.75, 3.05) is 0 Å². The molecule has 112 valence electrons. The minimum atomic E-state index is -2.90. The van der Waals surface area contributed by atoms with Crippen LogP contribution in [-0.4, -0.2) is 22.7 Å². The fourth-order valence-electron chi connectivity index (χ4n) is 1.83. The highest BCUT2D eigenvalue weighted by Crippen LogP contribution is 2.25. The van der Waals surface area contributed by atoms with Crippen LogP contribution in [0.2, 0.25) is 0 Å². The molecule has 0 atom stereocenters. The molecule has 0 aliphatic carbocycles. The van der Waals surface area contributed by atoms with Crippen LogP contribution in [0.5, 0.6) is 5.75 Å². The van der Waals surface area contributed by atoms with E-state index >= 15 is 0 Å². The average Bonchev–Trinajstić information content (AvgIpc) is 2.83. The Kier molecular flexibility index (Phi) is 4.52. The van der Waals surface area contributed by atoms with Gasteiger partial charge in [0.15, 0.2) is 0 Å². The number of benzene rings is 1. The molecule has 7 heteroatoms. The molecular formula is C14H13F2NO4. The smallest absolute Gasteiger partial charge is 0.387 e. The highest BCUT2D eigenvalue weighted by atomic mass is 19.3. The molecule has 1 aromatic carbocycles. The van der Waals surface area contributed by atoms with Gasteiger partial charge in [-0.15, -0.1) is 0 Å². The first-order chi connectivity index (χ1) is 10.0.